The molecule has 2 aliphatic heterocycles. The lowest BCUT2D eigenvalue weighted by molar-refractivity contribution is -0.114. The summed E-state index contributed by atoms with van der Waals surface area (Å²) < 4.78 is 19.6. The molecular weight excluding hydrogens is 399 g/mol. The van der Waals surface area contributed by atoms with Crippen LogP contribution in [0.2, 0.25) is 0 Å². The maximum atomic E-state index is 14.1. The van der Waals surface area contributed by atoms with Crippen molar-refractivity contribution in [1.29, 1.82) is 0 Å². The van der Waals surface area contributed by atoms with Crippen molar-refractivity contribution in [3.8, 4) is 0 Å². The molecular formula is C23H27FN4O3. The number of nitrogens with zero attached hydrogens (tertiary/aromatic N) is 3. The van der Waals surface area contributed by atoms with Crippen LogP contribution in [0.4, 0.5) is 21.5 Å². The largest absolute Gasteiger partial charge is 0.378 e. The van der Waals surface area contributed by atoms with E-state index in [2.05, 4.69) is 10.2 Å². The molecule has 1 N–H and O–H groups in total. The van der Waals surface area contributed by atoms with Crippen LogP contribution in [0.25, 0.3) is 0 Å². The van der Waals surface area contributed by atoms with E-state index in [1.54, 1.807) is 24.3 Å². The second kappa shape index (κ2) is 9.34. The van der Waals surface area contributed by atoms with Gasteiger partial charge in [0.2, 0.25) is 5.91 Å². The Kier molecular flexibility index (Phi) is 6.36. The molecule has 0 bridgehead atoms. The van der Waals surface area contributed by atoms with Crippen LogP contribution in [-0.4, -0.2) is 69.2 Å². The zero-order valence-electron chi connectivity index (χ0n) is 17.6. The van der Waals surface area contributed by atoms with Crippen molar-refractivity contribution < 1.29 is 18.7 Å². The summed E-state index contributed by atoms with van der Waals surface area (Å²) in [4.78, 5) is 30.8. The number of carbonyl (C=O) groups is 2. The molecule has 7 nitrogen and oxygen atoms in total. The Labute approximate surface area is 181 Å². The molecule has 0 unspecified atom stereocenters. The predicted molar refractivity (Wildman–Crippen MR) is 118 cm³/mol. The van der Waals surface area contributed by atoms with Crippen molar-refractivity contribution >= 4 is 28.9 Å². The van der Waals surface area contributed by atoms with Crippen molar-refractivity contribution in [3.63, 3.8) is 0 Å². The lowest BCUT2D eigenvalue weighted by atomic mass is 10.1. The van der Waals surface area contributed by atoms with Crippen molar-refractivity contribution in [2.45, 2.75) is 6.92 Å². The molecule has 2 saturated heterocycles. The Morgan fingerprint density at radius 1 is 0.903 bits per heavy atom. The number of piperazine rings is 1. The minimum atomic E-state index is -0.245. The minimum absolute atomic E-state index is 0.0518. The van der Waals surface area contributed by atoms with Gasteiger partial charge < -0.3 is 24.8 Å². The summed E-state index contributed by atoms with van der Waals surface area (Å²) in [6.07, 6.45) is 0. The molecule has 4 rings (SSSR count). The number of hydrogen-bond donors (Lipinski definition) is 1. The van der Waals surface area contributed by atoms with Crippen LogP contribution in [0.1, 0.15) is 17.3 Å². The summed E-state index contributed by atoms with van der Waals surface area (Å²) in [5.41, 5.74) is 2.64. The molecule has 2 amide bonds. The molecule has 0 saturated carbocycles. The maximum Gasteiger partial charge on any atom is 0.256 e. The number of ether oxygens (including phenoxy) is 1. The first-order chi connectivity index (χ1) is 15.0. The second-order valence-corrected chi connectivity index (χ2v) is 7.74. The highest BCUT2D eigenvalue weighted by Crippen LogP contribution is 2.28. The summed E-state index contributed by atoms with van der Waals surface area (Å²) in [5.74, 6) is -0.453. The molecule has 0 spiro atoms. The van der Waals surface area contributed by atoms with Gasteiger partial charge in [-0.25, -0.2) is 4.39 Å². The Bertz CT molecular complexity index is 954. The normalized spacial score (nSPS) is 16.9. The average Bonchev–Trinajstić information content (AvgIpc) is 2.79. The number of nitrogens with one attached hydrogen (secondary N) is 1. The molecule has 0 radical (unpaired) electrons. The van der Waals surface area contributed by atoms with Gasteiger partial charge in [0.05, 0.1) is 30.2 Å². The van der Waals surface area contributed by atoms with E-state index < -0.39 is 0 Å². The van der Waals surface area contributed by atoms with Crippen molar-refractivity contribution in [3.05, 3.63) is 53.8 Å². The molecule has 31 heavy (non-hydrogen) atoms. The monoisotopic (exact) mass is 426 g/mol. The van der Waals surface area contributed by atoms with E-state index >= 15 is 0 Å². The van der Waals surface area contributed by atoms with Crippen LogP contribution in [0.15, 0.2) is 42.5 Å². The lowest BCUT2D eigenvalue weighted by Gasteiger charge is -2.37. The number of morpholine rings is 1. The fraction of sp³-hybridized carbons (Fsp3) is 0.391. The van der Waals surface area contributed by atoms with Gasteiger partial charge >= 0.3 is 0 Å². The third kappa shape index (κ3) is 4.80. The van der Waals surface area contributed by atoms with Gasteiger partial charge in [-0.05, 0) is 30.3 Å². The summed E-state index contributed by atoms with van der Waals surface area (Å²) in [5, 5.41) is 2.80. The van der Waals surface area contributed by atoms with Crippen LogP contribution < -0.4 is 15.1 Å². The van der Waals surface area contributed by atoms with Crippen LogP contribution >= 0.6 is 0 Å². The fourth-order valence-electron chi connectivity index (χ4n) is 4.09. The third-order valence-electron chi connectivity index (χ3n) is 5.66. The minimum Gasteiger partial charge on any atom is -0.378 e. The average molecular weight is 426 g/mol. The van der Waals surface area contributed by atoms with Gasteiger partial charge in [0.1, 0.15) is 5.82 Å². The summed E-state index contributed by atoms with van der Waals surface area (Å²) >= 11 is 0. The highest BCUT2D eigenvalue weighted by atomic mass is 19.1. The van der Waals surface area contributed by atoms with Crippen molar-refractivity contribution in [2.24, 2.45) is 0 Å². The van der Waals surface area contributed by atoms with E-state index in [0.717, 1.165) is 5.69 Å². The van der Waals surface area contributed by atoms with Crippen molar-refractivity contribution in [1.82, 2.24) is 4.90 Å². The fourth-order valence-corrected chi connectivity index (χ4v) is 4.09. The topological polar surface area (TPSA) is 65.1 Å². The lowest BCUT2D eigenvalue weighted by Crippen LogP contribution is -2.49. The van der Waals surface area contributed by atoms with Gasteiger partial charge in [0.25, 0.3) is 5.91 Å². The molecule has 2 aromatic rings. The highest BCUT2D eigenvalue weighted by Gasteiger charge is 2.27. The zero-order chi connectivity index (χ0) is 21.8. The molecule has 2 fully saturated rings. The molecule has 0 atom stereocenters. The Hall–Kier alpha value is -3.13. The number of anilines is 3. The molecule has 2 heterocycles. The first-order valence-electron chi connectivity index (χ1n) is 10.6. The number of benzene rings is 2. The van der Waals surface area contributed by atoms with Gasteiger partial charge in [-0.1, -0.05) is 12.1 Å². The van der Waals surface area contributed by atoms with Crippen LogP contribution in [-0.2, 0) is 9.53 Å². The Morgan fingerprint density at radius 3 is 2.26 bits per heavy atom. The van der Waals surface area contributed by atoms with Gasteiger partial charge in [-0.15, -0.1) is 0 Å². The van der Waals surface area contributed by atoms with E-state index in [0.29, 0.717) is 69.4 Å². The maximum absolute atomic E-state index is 14.1. The summed E-state index contributed by atoms with van der Waals surface area (Å²) in [7, 11) is 0. The quantitative estimate of drug-likeness (QED) is 0.814. The molecule has 8 heteroatoms. The molecule has 164 valence electrons. The van der Waals surface area contributed by atoms with Gasteiger partial charge in [-0.2, -0.15) is 0 Å². The number of amides is 2. The third-order valence-corrected chi connectivity index (χ3v) is 5.66. The number of para-hydroxylation sites is 1. The Balaban J connectivity index is 1.52. The van der Waals surface area contributed by atoms with E-state index in [4.69, 9.17) is 4.74 Å². The van der Waals surface area contributed by atoms with Crippen molar-refractivity contribution in [2.75, 3.05) is 67.6 Å². The van der Waals surface area contributed by atoms with E-state index in [9.17, 15) is 14.0 Å². The number of hydrogen-bond acceptors (Lipinski definition) is 5. The second-order valence-electron chi connectivity index (χ2n) is 7.74. The molecule has 0 aliphatic carbocycles. The van der Waals surface area contributed by atoms with E-state index in [1.165, 1.54) is 13.0 Å². The molecule has 2 aliphatic rings. The SMILES string of the molecule is CC(=O)Nc1ccc(C(=O)N2CCN(c3ccccc3F)CC2)c(N2CCOCC2)c1. The first-order valence-corrected chi connectivity index (χ1v) is 10.6. The zero-order valence-corrected chi connectivity index (χ0v) is 17.6. The predicted octanol–water partition coefficient (Wildman–Crippen LogP) is 2.58. The standard InChI is InChI=1S/C23H27FN4O3/c1-17(29)25-18-6-7-19(22(16-18)27-12-14-31-15-13-27)23(30)28-10-8-26(9-11-28)21-5-3-2-4-20(21)24/h2-7,16H,8-15H2,1H3,(H,25,29). The van der Waals surface area contributed by atoms with Crippen LogP contribution in [0.3, 0.4) is 0 Å². The first kappa shape index (κ1) is 21.1. The number of halogens is 1. The van der Waals surface area contributed by atoms with Gasteiger partial charge in [0.15, 0.2) is 0 Å². The summed E-state index contributed by atoms with van der Waals surface area (Å²) in [6.45, 7) is 6.20. The van der Waals surface area contributed by atoms with Crippen LogP contribution in [0.5, 0.6) is 0 Å². The molecule has 0 aromatic heterocycles. The van der Waals surface area contributed by atoms with E-state index in [-0.39, 0.29) is 17.6 Å². The van der Waals surface area contributed by atoms with Gasteiger partial charge in [0, 0.05) is 51.9 Å². The number of carbonyl (C=O) groups excluding carboxylic acids is 2. The molecule has 2 aromatic carbocycles. The number of rotatable bonds is 4. The smallest absolute Gasteiger partial charge is 0.256 e. The van der Waals surface area contributed by atoms with Gasteiger partial charge in [-0.3, -0.25) is 9.59 Å². The Morgan fingerprint density at radius 2 is 1.58 bits per heavy atom. The van der Waals surface area contributed by atoms with E-state index in [1.807, 2.05) is 21.9 Å². The summed E-state index contributed by atoms with van der Waals surface area (Å²) in [6, 6.07) is 12.1. The highest BCUT2D eigenvalue weighted by molar-refractivity contribution is 6.01. The van der Waals surface area contributed by atoms with Crippen LogP contribution in [0, 0.1) is 5.82 Å².